The number of carbonyl (C=O) groups is 1. The van der Waals surface area contributed by atoms with Gasteiger partial charge in [0.15, 0.2) is 0 Å². The summed E-state index contributed by atoms with van der Waals surface area (Å²) >= 11 is 0. The van der Waals surface area contributed by atoms with Crippen molar-refractivity contribution in [2.75, 3.05) is 32.5 Å². The number of benzene rings is 2. The van der Waals surface area contributed by atoms with Crippen molar-refractivity contribution >= 4 is 21.6 Å². The first kappa shape index (κ1) is 21.5. The third kappa shape index (κ3) is 5.23. The smallest absolute Gasteiger partial charge is 0.242 e. The molecule has 0 bridgehead atoms. The van der Waals surface area contributed by atoms with E-state index in [1.54, 1.807) is 18.2 Å². The highest BCUT2D eigenvalue weighted by molar-refractivity contribution is 7.89. The Balaban J connectivity index is 1.69. The minimum absolute atomic E-state index is 0.0507. The quantitative estimate of drug-likeness (QED) is 0.787. The third-order valence-corrected chi connectivity index (χ3v) is 7.18. The van der Waals surface area contributed by atoms with Crippen LogP contribution < -0.4 is 5.32 Å². The predicted molar refractivity (Wildman–Crippen MR) is 115 cm³/mol. The molecule has 6 nitrogen and oxygen atoms in total. The largest absolute Gasteiger partial charge is 0.326 e. The summed E-state index contributed by atoms with van der Waals surface area (Å²) in [4.78, 5) is 15.4. The number of anilines is 1. The molecular formula is C22H29N3O3S. The van der Waals surface area contributed by atoms with E-state index in [-0.39, 0.29) is 16.7 Å². The van der Waals surface area contributed by atoms with Gasteiger partial charge >= 0.3 is 0 Å². The van der Waals surface area contributed by atoms with E-state index in [0.29, 0.717) is 12.2 Å². The van der Waals surface area contributed by atoms with Gasteiger partial charge in [-0.3, -0.25) is 9.69 Å². The fourth-order valence-electron chi connectivity index (χ4n) is 3.60. The van der Waals surface area contributed by atoms with Crippen molar-refractivity contribution in [1.29, 1.82) is 0 Å². The fraction of sp³-hybridized carbons (Fsp3) is 0.409. The van der Waals surface area contributed by atoms with Crippen LogP contribution in [0.25, 0.3) is 0 Å². The summed E-state index contributed by atoms with van der Waals surface area (Å²) in [6, 6.07) is 15.1. The summed E-state index contributed by atoms with van der Waals surface area (Å²) in [6.45, 7) is 4.38. The molecule has 1 fully saturated rings. The first-order valence-electron chi connectivity index (χ1n) is 9.87. The number of sulfonamides is 1. The van der Waals surface area contributed by atoms with E-state index < -0.39 is 10.0 Å². The number of rotatable bonds is 6. The molecule has 0 aromatic heterocycles. The second-order valence-electron chi connectivity index (χ2n) is 7.81. The summed E-state index contributed by atoms with van der Waals surface area (Å²) in [5.74, 6) is -0.161. The number of hydrogen-bond acceptors (Lipinski definition) is 4. The monoisotopic (exact) mass is 415 g/mol. The zero-order chi connectivity index (χ0) is 21.0. The molecule has 1 amide bonds. The SMILES string of the molecule is Cc1ccc(S(=O)(=O)N(C)C)cc1NC(=O)[C@@H]1CCCN(Cc2ccccc2)C1. The topological polar surface area (TPSA) is 69.7 Å². The highest BCUT2D eigenvalue weighted by atomic mass is 32.2. The molecule has 1 heterocycles. The van der Waals surface area contributed by atoms with Crippen LogP contribution >= 0.6 is 0 Å². The van der Waals surface area contributed by atoms with Crippen LogP contribution in [0.4, 0.5) is 5.69 Å². The summed E-state index contributed by atoms with van der Waals surface area (Å²) < 4.78 is 26.0. The normalized spacial score (nSPS) is 18.0. The number of hydrogen-bond donors (Lipinski definition) is 1. The standard InChI is InChI=1S/C22H29N3O3S/c1-17-11-12-20(29(27,28)24(2)3)14-21(17)23-22(26)19-10-7-13-25(16-19)15-18-8-5-4-6-9-18/h4-6,8-9,11-12,14,19H,7,10,13,15-16H2,1-3H3,(H,23,26)/t19-/m1/s1. The highest BCUT2D eigenvalue weighted by Crippen LogP contribution is 2.25. The number of amides is 1. The molecule has 2 aromatic carbocycles. The van der Waals surface area contributed by atoms with Gasteiger partial charge in [-0.2, -0.15) is 0 Å². The van der Waals surface area contributed by atoms with E-state index in [4.69, 9.17) is 0 Å². The lowest BCUT2D eigenvalue weighted by atomic mass is 9.96. The molecule has 1 atom stereocenters. The maximum absolute atomic E-state index is 12.9. The molecule has 7 heteroatoms. The lowest BCUT2D eigenvalue weighted by Gasteiger charge is -2.32. The number of nitrogens with one attached hydrogen (secondary N) is 1. The molecule has 29 heavy (non-hydrogen) atoms. The molecule has 0 unspecified atom stereocenters. The zero-order valence-electron chi connectivity index (χ0n) is 17.3. The molecule has 0 spiro atoms. The maximum atomic E-state index is 12.9. The number of nitrogens with zero attached hydrogens (tertiary/aromatic N) is 2. The molecule has 1 N–H and O–H groups in total. The molecule has 3 rings (SSSR count). The molecule has 0 saturated carbocycles. The van der Waals surface area contributed by atoms with Crippen molar-refractivity contribution in [3.05, 3.63) is 59.7 Å². The van der Waals surface area contributed by atoms with Crippen LogP contribution in [0.5, 0.6) is 0 Å². The second kappa shape index (κ2) is 9.07. The van der Waals surface area contributed by atoms with Crippen LogP contribution in [0, 0.1) is 12.8 Å². The van der Waals surface area contributed by atoms with Crippen molar-refractivity contribution in [2.45, 2.75) is 31.2 Å². The Kier molecular flexibility index (Phi) is 6.72. The molecular weight excluding hydrogens is 386 g/mol. The zero-order valence-corrected chi connectivity index (χ0v) is 18.1. The van der Waals surface area contributed by atoms with Crippen molar-refractivity contribution in [3.63, 3.8) is 0 Å². The predicted octanol–water partition coefficient (Wildman–Crippen LogP) is 3.10. The van der Waals surface area contributed by atoms with Crippen LogP contribution in [0.1, 0.15) is 24.0 Å². The Morgan fingerprint density at radius 3 is 2.59 bits per heavy atom. The highest BCUT2D eigenvalue weighted by Gasteiger charge is 2.26. The number of piperidine rings is 1. The van der Waals surface area contributed by atoms with Crippen molar-refractivity contribution < 1.29 is 13.2 Å². The lowest BCUT2D eigenvalue weighted by molar-refractivity contribution is -0.121. The molecule has 0 aliphatic carbocycles. The Hall–Kier alpha value is -2.22. The van der Waals surface area contributed by atoms with Crippen molar-refractivity contribution in [2.24, 2.45) is 5.92 Å². The molecule has 0 radical (unpaired) electrons. The van der Waals surface area contributed by atoms with E-state index >= 15 is 0 Å². The summed E-state index contributed by atoms with van der Waals surface area (Å²) in [7, 11) is -0.553. The summed E-state index contributed by atoms with van der Waals surface area (Å²) in [6.07, 6.45) is 1.81. The number of carbonyl (C=O) groups excluding carboxylic acids is 1. The van der Waals surface area contributed by atoms with Crippen molar-refractivity contribution in [1.82, 2.24) is 9.21 Å². The molecule has 156 valence electrons. The Bertz CT molecular complexity index is 959. The summed E-state index contributed by atoms with van der Waals surface area (Å²) in [5.41, 5.74) is 2.64. The lowest BCUT2D eigenvalue weighted by Crippen LogP contribution is -2.40. The van der Waals surface area contributed by atoms with Gasteiger partial charge < -0.3 is 5.32 Å². The Labute approximate surface area is 173 Å². The van der Waals surface area contributed by atoms with E-state index in [1.807, 2.05) is 25.1 Å². The molecule has 2 aromatic rings. The number of likely N-dealkylation sites (tertiary alicyclic amines) is 1. The first-order chi connectivity index (χ1) is 13.8. The van der Waals surface area contributed by atoms with Crippen LogP contribution in [0.3, 0.4) is 0 Å². The van der Waals surface area contributed by atoms with Gasteiger partial charge in [-0.25, -0.2) is 12.7 Å². The van der Waals surface area contributed by atoms with Gasteiger partial charge in [-0.15, -0.1) is 0 Å². The van der Waals surface area contributed by atoms with Gasteiger partial charge in [-0.1, -0.05) is 36.4 Å². The van der Waals surface area contributed by atoms with Gasteiger partial charge in [0.1, 0.15) is 0 Å². The fourth-order valence-corrected chi connectivity index (χ4v) is 4.53. The minimum Gasteiger partial charge on any atom is -0.326 e. The van der Waals surface area contributed by atoms with Gasteiger partial charge in [-0.05, 0) is 49.6 Å². The van der Waals surface area contributed by atoms with Gasteiger partial charge in [0.05, 0.1) is 10.8 Å². The molecule has 1 saturated heterocycles. The van der Waals surface area contributed by atoms with Crippen LogP contribution in [-0.4, -0.2) is 50.7 Å². The van der Waals surface area contributed by atoms with Gasteiger partial charge in [0.25, 0.3) is 0 Å². The van der Waals surface area contributed by atoms with Gasteiger partial charge in [0, 0.05) is 32.9 Å². The number of aryl methyl sites for hydroxylation is 1. The van der Waals surface area contributed by atoms with Crippen LogP contribution in [0.15, 0.2) is 53.4 Å². The maximum Gasteiger partial charge on any atom is 0.242 e. The van der Waals surface area contributed by atoms with E-state index in [9.17, 15) is 13.2 Å². The van der Waals surface area contributed by atoms with Crippen LogP contribution in [-0.2, 0) is 21.4 Å². The molecule has 1 aliphatic heterocycles. The Morgan fingerprint density at radius 1 is 1.17 bits per heavy atom. The second-order valence-corrected chi connectivity index (χ2v) is 9.97. The average Bonchev–Trinajstić information content (AvgIpc) is 2.70. The van der Waals surface area contributed by atoms with E-state index in [0.717, 1.165) is 31.5 Å². The molecule has 1 aliphatic rings. The summed E-state index contributed by atoms with van der Waals surface area (Å²) in [5, 5.41) is 2.97. The van der Waals surface area contributed by atoms with Crippen LogP contribution in [0.2, 0.25) is 0 Å². The van der Waals surface area contributed by atoms with E-state index in [2.05, 4.69) is 22.3 Å². The van der Waals surface area contributed by atoms with Gasteiger partial charge in [0.2, 0.25) is 15.9 Å². The first-order valence-corrected chi connectivity index (χ1v) is 11.3. The van der Waals surface area contributed by atoms with Crippen molar-refractivity contribution in [3.8, 4) is 0 Å². The minimum atomic E-state index is -3.55. The van der Waals surface area contributed by atoms with E-state index in [1.165, 1.54) is 24.0 Å². The third-order valence-electron chi connectivity index (χ3n) is 5.37. The average molecular weight is 416 g/mol. The Morgan fingerprint density at radius 2 is 1.90 bits per heavy atom.